The number of carbonyl (C=O) groups excluding carboxylic acids is 3. The number of fused-ring (bicyclic) bond motifs is 1. The number of carboxylic acid groups (broad SMARTS) is 1. The predicted octanol–water partition coefficient (Wildman–Crippen LogP) is 2.17. The van der Waals surface area contributed by atoms with Gasteiger partial charge in [-0.3, -0.25) is 14.6 Å². The van der Waals surface area contributed by atoms with Crippen LogP contribution in [0.3, 0.4) is 0 Å². The number of pyridine rings is 1. The Balaban J connectivity index is 0.000000479. The zero-order valence-corrected chi connectivity index (χ0v) is 21.1. The zero-order valence-electron chi connectivity index (χ0n) is 21.1. The molecule has 37 heavy (non-hydrogen) atoms. The maximum atomic E-state index is 13.5. The number of urea groups is 1. The summed E-state index contributed by atoms with van der Waals surface area (Å²) in [6.07, 6.45) is -1.21. The number of hydrogen-bond acceptors (Lipinski definition) is 5. The summed E-state index contributed by atoms with van der Waals surface area (Å²) in [6.45, 7) is 5.68. The molecule has 0 bridgehead atoms. The normalized spacial score (nSPS) is 22.8. The van der Waals surface area contributed by atoms with E-state index >= 15 is 0 Å². The molecule has 1 unspecified atom stereocenters. The lowest BCUT2D eigenvalue weighted by Crippen LogP contribution is -2.53. The smallest absolute Gasteiger partial charge is 0.475 e. The highest BCUT2D eigenvalue weighted by atomic mass is 19.4. The van der Waals surface area contributed by atoms with Crippen LogP contribution in [0, 0.1) is 10.8 Å². The first-order chi connectivity index (χ1) is 17.3. The Morgan fingerprint density at radius 1 is 1.05 bits per heavy atom. The van der Waals surface area contributed by atoms with Crippen LogP contribution in [0.15, 0.2) is 24.4 Å². The van der Waals surface area contributed by atoms with Gasteiger partial charge in [-0.15, -0.1) is 0 Å². The van der Waals surface area contributed by atoms with Crippen LogP contribution >= 0.6 is 0 Å². The van der Waals surface area contributed by atoms with Crippen LogP contribution in [-0.4, -0.2) is 113 Å². The van der Waals surface area contributed by atoms with Gasteiger partial charge in [0.05, 0.1) is 5.41 Å². The lowest BCUT2D eigenvalue weighted by Gasteiger charge is -2.46. The Hall–Kier alpha value is -3.38. The van der Waals surface area contributed by atoms with E-state index in [0.29, 0.717) is 38.4 Å². The number of carboxylic acids is 1. The van der Waals surface area contributed by atoms with Crippen molar-refractivity contribution in [3.05, 3.63) is 30.1 Å². The van der Waals surface area contributed by atoms with Crippen LogP contribution in [-0.2, 0) is 9.59 Å². The van der Waals surface area contributed by atoms with Crippen LogP contribution in [0.4, 0.5) is 18.0 Å². The number of amides is 4. The van der Waals surface area contributed by atoms with E-state index in [0.717, 1.165) is 25.8 Å². The number of carbonyl (C=O) groups is 4. The molecule has 1 aromatic heterocycles. The fraction of sp³-hybridized carbons (Fsp3) is 0.625. The maximum Gasteiger partial charge on any atom is 0.490 e. The van der Waals surface area contributed by atoms with E-state index < -0.39 is 17.6 Å². The summed E-state index contributed by atoms with van der Waals surface area (Å²) in [7, 11) is 3.51. The van der Waals surface area contributed by atoms with E-state index in [1.54, 1.807) is 37.3 Å². The molecule has 0 saturated carbocycles. The van der Waals surface area contributed by atoms with E-state index in [4.69, 9.17) is 9.90 Å². The number of aliphatic carboxylic acids is 1. The predicted molar refractivity (Wildman–Crippen MR) is 125 cm³/mol. The monoisotopic (exact) mass is 527 g/mol. The maximum absolute atomic E-state index is 13.5. The van der Waals surface area contributed by atoms with Crippen LogP contribution in [0.5, 0.6) is 0 Å². The Morgan fingerprint density at radius 2 is 1.68 bits per heavy atom. The Kier molecular flexibility index (Phi) is 8.03. The molecule has 4 rings (SSSR count). The van der Waals surface area contributed by atoms with Gasteiger partial charge in [-0.05, 0) is 38.3 Å². The lowest BCUT2D eigenvalue weighted by molar-refractivity contribution is -0.192. The minimum atomic E-state index is -5.08. The van der Waals surface area contributed by atoms with Crippen LogP contribution < -0.4 is 0 Å². The molecular formula is C24H32F3N5O5. The third kappa shape index (κ3) is 5.35. The van der Waals surface area contributed by atoms with Crippen molar-refractivity contribution < 1.29 is 37.5 Å². The molecule has 1 aromatic rings. The summed E-state index contributed by atoms with van der Waals surface area (Å²) in [5.41, 5.74) is -0.358. The van der Waals surface area contributed by atoms with Crippen molar-refractivity contribution in [3.63, 3.8) is 0 Å². The number of likely N-dealkylation sites (tertiary alicyclic amines) is 3. The van der Waals surface area contributed by atoms with Crippen molar-refractivity contribution in [3.8, 4) is 0 Å². The first-order valence-electron chi connectivity index (χ1n) is 12.0. The second-order valence-corrected chi connectivity index (χ2v) is 9.84. The van der Waals surface area contributed by atoms with Crippen LogP contribution in [0.25, 0.3) is 0 Å². The largest absolute Gasteiger partial charge is 0.490 e. The molecule has 0 aromatic carbocycles. The van der Waals surface area contributed by atoms with Crippen molar-refractivity contribution in [1.82, 2.24) is 24.6 Å². The van der Waals surface area contributed by atoms with Gasteiger partial charge >= 0.3 is 18.2 Å². The minimum absolute atomic E-state index is 0.0407. The van der Waals surface area contributed by atoms with Gasteiger partial charge in [0, 0.05) is 65.0 Å². The number of piperidine rings is 1. The molecule has 10 nitrogen and oxygen atoms in total. The van der Waals surface area contributed by atoms with Crippen molar-refractivity contribution in [1.29, 1.82) is 0 Å². The standard InChI is InChI=1S/C22H31N5O3.C2HF3O2/c1-4-25-14-10-22(19(25)29)16-27(20(30)24(2)3)15-21(22)8-12-26(13-9-21)18(28)17-7-5-6-11-23-17;3-2(4,5)1(6)7/h5-7,11H,4,8-10,12-16H2,1-3H3;(H,6,7). The highest BCUT2D eigenvalue weighted by molar-refractivity contribution is 5.92. The molecule has 0 aliphatic carbocycles. The number of rotatable bonds is 2. The van der Waals surface area contributed by atoms with Crippen molar-refractivity contribution in [2.75, 3.05) is 53.4 Å². The molecule has 3 aliphatic rings. The van der Waals surface area contributed by atoms with E-state index in [-0.39, 0.29) is 23.3 Å². The van der Waals surface area contributed by atoms with E-state index in [2.05, 4.69) is 4.98 Å². The fourth-order valence-corrected chi connectivity index (χ4v) is 5.69. The average molecular weight is 528 g/mol. The van der Waals surface area contributed by atoms with Gasteiger partial charge in [0.25, 0.3) is 5.91 Å². The van der Waals surface area contributed by atoms with Crippen molar-refractivity contribution in [2.24, 2.45) is 10.8 Å². The molecule has 204 valence electrons. The molecule has 4 amide bonds. The molecule has 1 atom stereocenters. The Bertz CT molecular complexity index is 1030. The zero-order chi connectivity index (χ0) is 27.6. The quantitative estimate of drug-likeness (QED) is 0.631. The molecule has 4 heterocycles. The third-order valence-corrected chi connectivity index (χ3v) is 7.64. The van der Waals surface area contributed by atoms with Crippen LogP contribution in [0.2, 0.25) is 0 Å². The number of halogens is 3. The topological polar surface area (TPSA) is 114 Å². The summed E-state index contributed by atoms with van der Waals surface area (Å²) in [6, 6.07) is 5.31. The summed E-state index contributed by atoms with van der Waals surface area (Å²) in [4.78, 5) is 59.4. The Labute approximate surface area is 213 Å². The molecule has 3 saturated heterocycles. The van der Waals surface area contributed by atoms with Gasteiger partial charge in [0.15, 0.2) is 0 Å². The average Bonchev–Trinajstić information content (AvgIpc) is 3.36. The first-order valence-corrected chi connectivity index (χ1v) is 12.0. The summed E-state index contributed by atoms with van der Waals surface area (Å²) >= 11 is 0. The molecule has 1 N–H and O–H groups in total. The highest BCUT2D eigenvalue weighted by Gasteiger charge is 2.66. The summed E-state index contributed by atoms with van der Waals surface area (Å²) in [5.74, 6) is -2.64. The Morgan fingerprint density at radius 3 is 2.14 bits per heavy atom. The van der Waals surface area contributed by atoms with E-state index in [9.17, 15) is 27.6 Å². The molecule has 2 spiro atoms. The summed E-state index contributed by atoms with van der Waals surface area (Å²) in [5, 5.41) is 7.12. The first kappa shape index (κ1) is 28.2. The number of alkyl halides is 3. The number of aromatic nitrogens is 1. The lowest BCUT2D eigenvalue weighted by atomic mass is 9.60. The SMILES string of the molecule is CCN1CCC2(CN(C(=O)N(C)C)CC23CCN(C(=O)c2ccccn2)CC3)C1=O.O=C(O)C(F)(F)F. The fourth-order valence-electron chi connectivity index (χ4n) is 5.69. The minimum Gasteiger partial charge on any atom is -0.475 e. The van der Waals surface area contributed by atoms with Crippen molar-refractivity contribution >= 4 is 23.8 Å². The second-order valence-electron chi connectivity index (χ2n) is 9.84. The highest BCUT2D eigenvalue weighted by Crippen LogP contribution is 2.58. The number of hydrogen-bond donors (Lipinski definition) is 1. The molecule has 0 radical (unpaired) electrons. The van der Waals surface area contributed by atoms with Gasteiger partial charge in [-0.2, -0.15) is 13.2 Å². The summed E-state index contributed by atoms with van der Waals surface area (Å²) < 4.78 is 31.7. The third-order valence-electron chi connectivity index (χ3n) is 7.64. The van der Waals surface area contributed by atoms with Gasteiger partial charge in [0.2, 0.25) is 5.91 Å². The van der Waals surface area contributed by atoms with E-state index in [1.807, 2.05) is 27.7 Å². The van der Waals surface area contributed by atoms with Gasteiger partial charge in [0.1, 0.15) is 5.69 Å². The molecular weight excluding hydrogens is 495 g/mol. The van der Waals surface area contributed by atoms with Crippen LogP contribution in [0.1, 0.15) is 36.7 Å². The molecule has 3 fully saturated rings. The second kappa shape index (κ2) is 10.5. The number of nitrogens with zero attached hydrogens (tertiary/aromatic N) is 5. The molecule has 13 heteroatoms. The van der Waals surface area contributed by atoms with E-state index in [1.165, 1.54) is 0 Å². The van der Waals surface area contributed by atoms with Gasteiger partial charge in [-0.25, -0.2) is 9.59 Å². The van der Waals surface area contributed by atoms with Gasteiger partial charge in [-0.1, -0.05) is 6.07 Å². The molecule has 3 aliphatic heterocycles. The van der Waals surface area contributed by atoms with Gasteiger partial charge < -0.3 is 24.7 Å². The van der Waals surface area contributed by atoms with Crippen molar-refractivity contribution in [2.45, 2.75) is 32.4 Å².